The van der Waals surface area contributed by atoms with Gasteiger partial charge in [-0.1, -0.05) is 24.3 Å². The van der Waals surface area contributed by atoms with Crippen molar-refractivity contribution in [1.82, 2.24) is 0 Å². The fourth-order valence-electron chi connectivity index (χ4n) is 5.15. The number of sulfone groups is 1. The molecule has 1 N–H and O–H groups in total. The van der Waals surface area contributed by atoms with Gasteiger partial charge in [0.1, 0.15) is 27.9 Å². The highest BCUT2D eigenvalue weighted by Crippen LogP contribution is 2.37. The molecule has 1 aliphatic carbocycles. The van der Waals surface area contributed by atoms with Crippen LogP contribution in [0.2, 0.25) is 0 Å². The Kier molecular flexibility index (Phi) is 8.22. The van der Waals surface area contributed by atoms with Crippen molar-refractivity contribution in [3.05, 3.63) is 82.4 Å². The van der Waals surface area contributed by atoms with Gasteiger partial charge in [0.05, 0.1) is 18.8 Å². The van der Waals surface area contributed by atoms with Gasteiger partial charge in [-0.15, -0.1) is 0 Å². The molecule has 0 saturated carbocycles. The van der Waals surface area contributed by atoms with Crippen molar-refractivity contribution in [3.8, 4) is 22.6 Å². The maximum atomic E-state index is 11.3. The number of aryl methyl sites for hydroxylation is 3. The molecule has 0 heterocycles. The Morgan fingerprint density at radius 2 is 1.76 bits per heavy atom. The highest BCUT2D eigenvalue weighted by Gasteiger charge is 2.25. The van der Waals surface area contributed by atoms with Crippen LogP contribution in [0.3, 0.4) is 0 Å². The van der Waals surface area contributed by atoms with Gasteiger partial charge in [0.25, 0.3) is 0 Å². The molecule has 3 aromatic carbocycles. The number of hydrogen-bond acceptors (Lipinski definition) is 5. The van der Waals surface area contributed by atoms with Crippen molar-refractivity contribution < 1.29 is 27.8 Å². The standard InChI is InChI=1S/C30H34O6S/c1-20-14-27(35-12-5-13-37(3,33)34)15-21(2)30(20)25-7-4-6-22(16-25)19-36-26-10-11-28-23(17-26)8-9-24(28)18-29(31)32/h4,6-7,10-11,14-17,24H,5,8-9,12-13,18-19H2,1-3H3,(H,31,32). The third-order valence-electron chi connectivity index (χ3n) is 6.79. The van der Waals surface area contributed by atoms with Crippen molar-refractivity contribution in [2.75, 3.05) is 18.6 Å². The van der Waals surface area contributed by atoms with Gasteiger partial charge in [-0.3, -0.25) is 4.79 Å². The van der Waals surface area contributed by atoms with Gasteiger partial charge in [0.2, 0.25) is 0 Å². The number of carboxylic acid groups (broad SMARTS) is 1. The maximum Gasteiger partial charge on any atom is 0.303 e. The van der Waals surface area contributed by atoms with Gasteiger partial charge >= 0.3 is 5.97 Å². The number of benzene rings is 3. The van der Waals surface area contributed by atoms with Crippen LogP contribution < -0.4 is 9.47 Å². The molecular formula is C30H34O6S. The van der Waals surface area contributed by atoms with Crippen molar-refractivity contribution >= 4 is 15.8 Å². The molecule has 0 aromatic heterocycles. The van der Waals surface area contributed by atoms with Gasteiger partial charge in [0.15, 0.2) is 0 Å². The summed E-state index contributed by atoms with van der Waals surface area (Å²) in [5.41, 5.74) is 7.79. The summed E-state index contributed by atoms with van der Waals surface area (Å²) in [6.45, 7) is 4.90. The largest absolute Gasteiger partial charge is 0.494 e. The first-order valence-corrected chi connectivity index (χ1v) is 14.6. The second-order valence-corrected chi connectivity index (χ2v) is 12.2. The quantitative estimate of drug-likeness (QED) is 0.317. The highest BCUT2D eigenvalue weighted by atomic mass is 32.2. The van der Waals surface area contributed by atoms with E-state index in [1.807, 2.05) is 42.5 Å². The van der Waals surface area contributed by atoms with Crippen LogP contribution in [0.4, 0.5) is 0 Å². The zero-order valence-corrected chi connectivity index (χ0v) is 22.4. The predicted molar refractivity (Wildman–Crippen MR) is 145 cm³/mol. The van der Waals surface area contributed by atoms with Crippen LogP contribution in [0.25, 0.3) is 11.1 Å². The normalized spacial score (nSPS) is 14.8. The second kappa shape index (κ2) is 11.4. The fraction of sp³-hybridized carbons (Fsp3) is 0.367. The van der Waals surface area contributed by atoms with E-state index < -0.39 is 15.8 Å². The SMILES string of the molecule is Cc1cc(OCCCS(C)(=O)=O)cc(C)c1-c1cccc(COc2ccc3c(c2)CCC3CC(=O)O)c1. The Bertz CT molecular complexity index is 1370. The number of aliphatic carboxylic acids is 1. The molecular weight excluding hydrogens is 488 g/mol. The molecule has 37 heavy (non-hydrogen) atoms. The molecule has 0 amide bonds. The Balaban J connectivity index is 1.42. The molecule has 0 bridgehead atoms. The molecule has 3 aromatic rings. The lowest BCUT2D eigenvalue weighted by Crippen LogP contribution is -2.08. The molecule has 0 radical (unpaired) electrons. The van der Waals surface area contributed by atoms with Crippen molar-refractivity contribution in [2.45, 2.75) is 52.1 Å². The maximum absolute atomic E-state index is 11.3. The van der Waals surface area contributed by atoms with Crippen molar-refractivity contribution in [3.63, 3.8) is 0 Å². The molecule has 1 atom stereocenters. The minimum Gasteiger partial charge on any atom is -0.494 e. The van der Waals surface area contributed by atoms with Gasteiger partial charge < -0.3 is 14.6 Å². The van der Waals surface area contributed by atoms with Crippen LogP contribution in [-0.2, 0) is 27.7 Å². The highest BCUT2D eigenvalue weighted by molar-refractivity contribution is 7.90. The monoisotopic (exact) mass is 522 g/mol. The van der Waals surface area contributed by atoms with Crippen LogP contribution in [0.1, 0.15) is 53.0 Å². The van der Waals surface area contributed by atoms with E-state index in [4.69, 9.17) is 14.6 Å². The summed E-state index contributed by atoms with van der Waals surface area (Å²) in [6.07, 6.45) is 3.63. The minimum atomic E-state index is -2.98. The molecule has 0 spiro atoms. The van der Waals surface area contributed by atoms with E-state index in [9.17, 15) is 13.2 Å². The van der Waals surface area contributed by atoms with Crippen LogP contribution in [-0.4, -0.2) is 38.1 Å². The van der Waals surface area contributed by atoms with E-state index in [0.29, 0.717) is 19.6 Å². The predicted octanol–water partition coefficient (Wildman–Crippen LogP) is 5.87. The zero-order valence-electron chi connectivity index (χ0n) is 21.6. The summed E-state index contributed by atoms with van der Waals surface area (Å²) in [5, 5.41) is 9.14. The van der Waals surface area contributed by atoms with Gasteiger partial charge in [-0.05, 0) is 108 Å². The van der Waals surface area contributed by atoms with Gasteiger partial charge in [-0.25, -0.2) is 8.42 Å². The lowest BCUT2D eigenvalue weighted by atomic mass is 9.94. The number of carboxylic acids is 1. The molecule has 1 unspecified atom stereocenters. The molecule has 0 fully saturated rings. The number of fused-ring (bicyclic) bond motifs is 1. The Morgan fingerprint density at radius 3 is 2.46 bits per heavy atom. The van der Waals surface area contributed by atoms with Gasteiger partial charge in [-0.2, -0.15) is 0 Å². The number of rotatable bonds is 11. The van der Waals surface area contributed by atoms with Crippen molar-refractivity contribution in [2.24, 2.45) is 0 Å². The Hall–Kier alpha value is -3.32. The van der Waals surface area contributed by atoms with E-state index >= 15 is 0 Å². The van der Waals surface area contributed by atoms with E-state index in [1.165, 1.54) is 11.8 Å². The topological polar surface area (TPSA) is 89.9 Å². The van der Waals surface area contributed by atoms with Crippen LogP contribution >= 0.6 is 0 Å². The smallest absolute Gasteiger partial charge is 0.303 e. The van der Waals surface area contributed by atoms with E-state index in [-0.39, 0.29) is 18.1 Å². The summed E-state index contributed by atoms with van der Waals surface area (Å²) in [7, 11) is -2.98. The second-order valence-electron chi connectivity index (χ2n) is 9.95. The van der Waals surface area contributed by atoms with Crippen LogP contribution in [0, 0.1) is 13.8 Å². The first-order valence-electron chi connectivity index (χ1n) is 12.6. The zero-order chi connectivity index (χ0) is 26.6. The minimum absolute atomic E-state index is 0.0917. The summed E-state index contributed by atoms with van der Waals surface area (Å²) in [4.78, 5) is 11.1. The molecule has 7 heteroatoms. The summed E-state index contributed by atoms with van der Waals surface area (Å²) >= 11 is 0. The van der Waals surface area contributed by atoms with Gasteiger partial charge in [0, 0.05) is 6.26 Å². The van der Waals surface area contributed by atoms with E-state index in [0.717, 1.165) is 57.7 Å². The number of carbonyl (C=O) groups is 1. The molecule has 1 aliphatic rings. The summed E-state index contributed by atoms with van der Waals surface area (Å²) in [6, 6.07) is 18.3. The Labute approximate surface area is 219 Å². The third kappa shape index (κ3) is 7.13. The van der Waals surface area contributed by atoms with E-state index in [1.54, 1.807) is 0 Å². The average molecular weight is 523 g/mol. The van der Waals surface area contributed by atoms with Crippen LogP contribution in [0.5, 0.6) is 11.5 Å². The molecule has 6 nitrogen and oxygen atoms in total. The first-order chi connectivity index (χ1) is 17.6. The number of hydrogen-bond donors (Lipinski definition) is 1. The van der Waals surface area contributed by atoms with Crippen molar-refractivity contribution in [1.29, 1.82) is 0 Å². The first kappa shape index (κ1) is 26.7. The van der Waals surface area contributed by atoms with E-state index in [2.05, 4.69) is 26.0 Å². The molecule has 0 aliphatic heterocycles. The summed E-state index contributed by atoms with van der Waals surface area (Å²) in [5.74, 6) is 0.998. The molecule has 4 rings (SSSR count). The number of ether oxygens (including phenoxy) is 2. The third-order valence-corrected chi connectivity index (χ3v) is 7.82. The Morgan fingerprint density at radius 1 is 1.00 bits per heavy atom. The lowest BCUT2D eigenvalue weighted by molar-refractivity contribution is -0.137. The summed E-state index contributed by atoms with van der Waals surface area (Å²) < 4.78 is 34.5. The molecule has 196 valence electrons. The lowest BCUT2D eigenvalue weighted by Gasteiger charge is -2.15. The van der Waals surface area contributed by atoms with Crippen LogP contribution in [0.15, 0.2) is 54.6 Å². The average Bonchev–Trinajstić information content (AvgIpc) is 3.21. The fourth-order valence-corrected chi connectivity index (χ4v) is 5.79. The molecule has 0 saturated heterocycles.